The molecule has 4 nitrogen and oxygen atoms in total. The molecule has 0 aromatic heterocycles. The van der Waals surface area contributed by atoms with Crippen LogP contribution in [0.1, 0.15) is 25.5 Å². The van der Waals surface area contributed by atoms with Crippen molar-refractivity contribution >= 4 is 23.2 Å². The molecule has 2 aromatic carbocycles. The van der Waals surface area contributed by atoms with Gasteiger partial charge in [-0.15, -0.1) is 0 Å². The molecule has 5 heteroatoms. The predicted octanol–water partition coefficient (Wildman–Crippen LogP) is 4.03. The van der Waals surface area contributed by atoms with Crippen molar-refractivity contribution in [1.82, 2.24) is 5.32 Å². The maximum Gasteiger partial charge on any atom is 0.241 e. The number of hydrogen-bond donors (Lipinski definition) is 2. The predicted molar refractivity (Wildman–Crippen MR) is 94.1 cm³/mol. The van der Waals surface area contributed by atoms with Crippen LogP contribution in [0.25, 0.3) is 0 Å². The number of para-hydroxylation sites is 2. The lowest BCUT2D eigenvalue weighted by Gasteiger charge is -2.20. The van der Waals surface area contributed by atoms with Crippen LogP contribution in [0.5, 0.6) is 5.75 Å². The Hall–Kier alpha value is -2.04. The van der Waals surface area contributed by atoms with Crippen molar-refractivity contribution in [3.8, 4) is 5.75 Å². The third kappa shape index (κ3) is 4.71. The molecule has 0 saturated heterocycles. The van der Waals surface area contributed by atoms with E-state index in [0.29, 0.717) is 16.5 Å². The topological polar surface area (TPSA) is 50.4 Å². The van der Waals surface area contributed by atoms with Gasteiger partial charge in [-0.25, -0.2) is 0 Å². The van der Waals surface area contributed by atoms with Crippen molar-refractivity contribution in [3.05, 3.63) is 59.1 Å². The number of methoxy groups -OCH3 is 1. The summed E-state index contributed by atoms with van der Waals surface area (Å²) >= 11 is 5.89. The second kappa shape index (κ2) is 7.99. The van der Waals surface area contributed by atoms with Crippen LogP contribution >= 0.6 is 11.6 Å². The number of halogens is 1. The summed E-state index contributed by atoms with van der Waals surface area (Å²) < 4.78 is 5.24. The fourth-order valence-electron chi connectivity index (χ4n) is 2.29. The Labute approximate surface area is 141 Å². The fraction of sp³-hybridized carbons (Fsp3) is 0.278. The fourth-order valence-corrected chi connectivity index (χ4v) is 2.41. The van der Waals surface area contributed by atoms with E-state index in [1.165, 1.54) is 0 Å². The second-order valence-corrected chi connectivity index (χ2v) is 5.79. The highest BCUT2D eigenvalue weighted by Gasteiger charge is 2.17. The number of anilines is 1. The van der Waals surface area contributed by atoms with E-state index in [-0.39, 0.29) is 18.0 Å². The van der Waals surface area contributed by atoms with Crippen molar-refractivity contribution < 1.29 is 9.53 Å². The number of benzene rings is 2. The number of carbonyl (C=O) groups is 1. The quantitative estimate of drug-likeness (QED) is 0.839. The number of nitrogens with one attached hydrogen (secondary N) is 2. The zero-order chi connectivity index (χ0) is 16.8. The van der Waals surface area contributed by atoms with Gasteiger partial charge in [-0.2, -0.15) is 0 Å². The Bertz CT molecular complexity index is 658. The van der Waals surface area contributed by atoms with Crippen LogP contribution in [0, 0.1) is 0 Å². The summed E-state index contributed by atoms with van der Waals surface area (Å²) in [7, 11) is 1.58. The van der Waals surface area contributed by atoms with Gasteiger partial charge in [-0.05, 0) is 43.7 Å². The van der Waals surface area contributed by atoms with Crippen molar-refractivity contribution in [2.45, 2.75) is 25.9 Å². The van der Waals surface area contributed by atoms with Crippen LogP contribution in [-0.2, 0) is 4.79 Å². The first-order chi connectivity index (χ1) is 11.0. The van der Waals surface area contributed by atoms with E-state index >= 15 is 0 Å². The van der Waals surface area contributed by atoms with Crippen molar-refractivity contribution in [2.75, 3.05) is 12.4 Å². The van der Waals surface area contributed by atoms with Gasteiger partial charge < -0.3 is 10.1 Å². The highest BCUT2D eigenvalue weighted by molar-refractivity contribution is 6.30. The number of ether oxygens (including phenoxy) is 1. The van der Waals surface area contributed by atoms with Gasteiger partial charge in [-0.3, -0.25) is 10.1 Å². The summed E-state index contributed by atoms with van der Waals surface area (Å²) in [4.78, 5) is 12.4. The number of carbonyl (C=O) groups excluding carboxylic acids is 1. The number of hydrogen-bond acceptors (Lipinski definition) is 3. The van der Waals surface area contributed by atoms with Crippen LogP contribution in [-0.4, -0.2) is 19.1 Å². The van der Waals surface area contributed by atoms with E-state index < -0.39 is 0 Å². The number of amides is 1. The van der Waals surface area contributed by atoms with Gasteiger partial charge in [0.2, 0.25) is 5.91 Å². The maximum atomic E-state index is 12.4. The number of rotatable bonds is 6. The van der Waals surface area contributed by atoms with Gasteiger partial charge in [0.1, 0.15) is 5.75 Å². The van der Waals surface area contributed by atoms with Crippen LogP contribution in [0.3, 0.4) is 0 Å². The molecule has 1 amide bonds. The summed E-state index contributed by atoms with van der Waals surface area (Å²) in [6.45, 7) is 3.84. The molecule has 0 bridgehead atoms. The molecule has 2 aromatic rings. The summed E-state index contributed by atoms with van der Waals surface area (Å²) in [6, 6.07) is 14.6. The molecule has 0 spiro atoms. The SMILES string of the molecule is COc1ccccc1NC(=O)[C@H](C)N[C@H](C)c1ccc(Cl)cc1. The summed E-state index contributed by atoms with van der Waals surface area (Å²) in [5.74, 6) is 0.522. The van der Waals surface area contributed by atoms with E-state index in [0.717, 1.165) is 5.56 Å². The molecule has 0 aliphatic rings. The molecule has 2 atom stereocenters. The van der Waals surface area contributed by atoms with E-state index in [4.69, 9.17) is 16.3 Å². The molecule has 0 fully saturated rings. The first kappa shape index (κ1) is 17.3. The lowest BCUT2D eigenvalue weighted by Crippen LogP contribution is -2.39. The minimum absolute atomic E-state index is 0.0330. The lowest BCUT2D eigenvalue weighted by molar-refractivity contribution is -0.117. The zero-order valence-electron chi connectivity index (χ0n) is 13.5. The van der Waals surface area contributed by atoms with Gasteiger partial charge >= 0.3 is 0 Å². The summed E-state index contributed by atoms with van der Waals surface area (Å²) in [5, 5.41) is 6.85. The second-order valence-electron chi connectivity index (χ2n) is 5.35. The highest BCUT2D eigenvalue weighted by atomic mass is 35.5. The first-order valence-corrected chi connectivity index (χ1v) is 7.84. The molecule has 0 unspecified atom stereocenters. The van der Waals surface area contributed by atoms with E-state index in [9.17, 15) is 4.79 Å². The summed E-state index contributed by atoms with van der Waals surface area (Å²) in [5.41, 5.74) is 1.74. The third-order valence-corrected chi connectivity index (χ3v) is 3.88. The maximum absolute atomic E-state index is 12.4. The molecular weight excluding hydrogens is 312 g/mol. The monoisotopic (exact) mass is 332 g/mol. The molecule has 2 rings (SSSR count). The van der Waals surface area contributed by atoms with Crippen molar-refractivity contribution in [2.24, 2.45) is 0 Å². The average molecular weight is 333 g/mol. The molecule has 0 aliphatic carbocycles. The van der Waals surface area contributed by atoms with Gasteiger partial charge in [0, 0.05) is 11.1 Å². The van der Waals surface area contributed by atoms with Crippen LogP contribution < -0.4 is 15.4 Å². The average Bonchev–Trinajstić information content (AvgIpc) is 2.55. The van der Waals surface area contributed by atoms with Crippen LogP contribution in [0.15, 0.2) is 48.5 Å². The minimum atomic E-state index is -0.356. The van der Waals surface area contributed by atoms with Crippen LogP contribution in [0.4, 0.5) is 5.69 Å². The largest absolute Gasteiger partial charge is 0.495 e. The first-order valence-electron chi connectivity index (χ1n) is 7.46. The van der Waals surface area contributed by atoms with Crippen LogP contribution in [0.2, 0.25) is 5.02 Å². The third-order valence-electron chi connectivity index (χ3n) is 3.63. The Kier molecular flexibility index (Phi) is 6.02. The Balaban J connectivity index is 1.98. The molecule has 122 valence electrons. The van der Waals surface area contributed by atoms with Gasteiger partial charge in [0.15, 0.2) is 0 Å². The normalized spacial score (nSPS) is 13.2. The lowest BCUT2D eigenvalue weighted by atomic mass is 10.1. The standard InChI is InChI=1S/C18H21ClN2O2/c1-12(14-8-10-15(19)11-9-14)20-13(2)18(22)21-16-6-4-5-7-17(16)23-3/h4-13,20H,1-3H3,(H,21,22)/t12-,13+/m1/s1. The minimum Gasteiger partial charge on any atom is -0.495 e. The molecule has 0 saturated carbocycles. The molecule has 0 radical (unpaired) electrons. The van der Waals surface area contributed by atoms with Crippen molar-refractivity contribution in [1.29, 1.82) is 0 Å². The van der Waals surface area contributed by atoms with Gasteiger partial charge in [0.05, 0.1) is 18.8 Å². The smallest absolute Gasteiger partial charge is 0.241 e. The van der Waals surface area contributed by atoms with E-state index in [1.54, 1.807) is 7.11 Å². The molecule has 23 heavy (non-hydrogen) atoms. The Morgan fingerprint density at radius 3 is 2.39 bits per heavy atom. The highest BCUT2D eigenvalue weighted by Crippen LogP contribution is 2.23. The molecule has 2 N–H and O–H groups in total. The van der Waals surface area contributed by atoms with Gasteiger partial charge in [-0.1, -0.05) is 35.9 Å². The molecule has 0 aliphatic heterocycles. The summed E-state index contributed by atoms with van der Waals surface area (Å²) in [6.07, 6.45) is 0. The Morgan fingerprint density at radius 2 is 1.74 bits per heavy atom. The van der Waals surface area contributed by atoms with Crippen molar-refractivity contribution in [3.63, 3.8) is 0 Å². The van der Waals surface area contributed by atoms with Gasteiger partial charge in [0.25, 0.3) is 0 Å². The Morgan fingerprint density at radius 1 is 1.09 bits per heavy atom. The molecular formula is C18H21ClN2O2. The molecule has 0 heterocycles. The van der Waals surface area contributed by atoms with E-state index in [1.807, 2.05) is 62.4 Å². The van der Waals surface area contributed by atoms with E-state index in [2.05, 4.69) is 10.6 Å². The zero-order valence-corrected chi connectivity index (χ0v) is 14.2.